The van der Waals surface area contributed by atoms with E-state index in [1.165, 1.54) is 0 Å². The molecule has 2 aromatic rings. The number of hydrogen-bond donors (Lipinski definition) is 0. The first-order valence-electron chi connectivity index (χ1n) is 8.53. The Labute approximate surface area is 147 Å². The summed E-state index contributed by atoms with van der Waals surface area (Å²) in [4.78, 5) is 14.5. The highest BCUT2D eigenvalue weighted by Crippen LogP contribution is 2.29. The average molecular weight is 339 g/mol. The van der Waals surface area contributed by atoms with Gasteiger partial charge >= 0.3 is 0 Å². The topological polar surface area (TPSA) is 48.0 Å². The van der Waals surface area contributed by atoms with Crippen LogP contribution in [0.15, 0.2) is 48.5 Å². The molecule has 0 aromatic heterocycles. The standard InChI is InChI=1S/C20H21NO4/c1-23-16-6-4-7-17(10-16)25-18-11-21(12-18)20(22)15-9-14-5-2-3-8-19(14)24-13-15/h2-8,10,15,18H,9,11-13H2,1H3/t15-/m0/s1. The molecule has 0 unspecified atom stereocenters. The zero-order valence-electron chi connectivity index (χ0n) is 14.2. The Morgan fingerprint density at radius 3 is 2.76 bits per heavy atom. The van der Waals surface area contributed by atoms with Crippen molar-refractivity contribution >= 4 is 5.91 Å². The number of benzene rings is 2. The van der Waals surface area contributed by atoms with E-state index >= 15 is 0 Å². The molecular formula is C20H21NO4. The fourth-order valence-corrected chi connectivity index (χ4v) is 3.30. The van der Waals surface area contributed by atoms with E-state index in [9.17, 15) is 4.79 Å². The van der Waals surface area contributed by atoms with Crippen molar-refractivity contribution in [3.8, 4) is 17.2 Å². The molecule has 0 aliphatic carbocycles. The van der Waals surface area contributed by atoms with Gasteiger partial charge in [0.05, 0.1) is 26.1 Å². The van der Waals surface area contributed by atoms with E-state index < -0.39 is 0 Å². The lowest BCUT2D eigenvalue weighted by atomic mass is 9.94. The third-order valence-corrected chi connectivity index (χ3v) is 4.73. The highest BCUT2D eigenvalue weighted by atomic mass is 16.5. The van der Waals surface area contributed by atoms with Crippen molar-refractivity contribution in [2.45, 2.75) is 12.5 Å². The van der Waals surface area contributed by atoms with E-state index in [1.807, 2.05) is 53.4 Å². The van der Waals surface area contributed by atoms with Gasteiger partial charge in [0.2, 0.25) is 5.91 Å². The van der Waals surface area contributed by atoms with E-state index in [4.69, 9.17) is 14.2 Å². The molecule has 1 amide bonds. The number of methoxy groups -OCH3 is 1. The van der Waals surface area contributed by atoms with E-state index in [-0.39, 0.29) is 17.9 Å². The summed E-state index contributed by atoms with van der Waals surface area (Å²) in [5, 5.41) is 0. The van der Waals surface area contributed by atoms with Crippen molar-refractivity contribution in [3.63, 3.8) is 0 Å². The number of hydrogen-bond acceptors (Lipinski definition) is 4. The minimum Gasteiger partial charge on any atom is -0.497 e. The van der Waals surface area contributed by atoms with Crippen molar-refractivity contribution in [1.29, 1.82) is 0 Å². The van der Waals surface area contributed by atoms with Crippen molar-refractivity contribution in [1.82, 2.24) is 4.90 Å². The molecular weight excluding hydrogens is 318 g/mol. The van der Waals surface area contributed by atoms with Crippen molar-refractivity contribution in [3.05, 3.63) is 54.1 Å². The quantitative estimate of drug-likeness (QED) is 0.859. The first-order chi connectivity index (χ1) is 12.2. The fourth-order valence-electron chi connectivity index (χ4n) is 3.30. The summed E-state index contributed by atoms with van der Waals surface area (Å²) in [5.41, 5.74) is 1.11. The zero-order valence-corrected chi connectivity index (χ0v) is 14.2. The number of amides is 1. The highest BCUT2D eigenvalue weighted by Gasteiger charge is 2.37. The Morgan fingerprint density at radius 2 is 1.92 bits per heavy atom. The molecule has 130 valence electrons. The molecule has 1 saturated heterocycles. The molecule has 0 saturated carbocycles. The Bertz CT molecular complexity index is 770. The van der Waals surface area contributed by atoms with Gasteiger partial charge in [0.1, 0.15) is 30.0 Å². The van der Waals surface area contributed by atoms with Gasteiger partial charge in [-0.1, -0.05) is 24.3 Å². The predicted molar refractivity (Wildman–Crippen MR) is 93.1 cm³/mol. The fraction of sp³-hybridized carbons (Fsp3) is 0.350. The second kappa shape index (κ2) is 6.67. The lowest BCUT2D eigenvalue weighted by Crippen LogP contribution is -2.58. The maximum atomic E-state index is 12.7. The molecule has 2 heterocycles. The van der Waals surface area contributed by atoms with Crippen molar-refractivity contribution < 1.29 is 19.0 Å². The Morgan fingerprint density at radius 1 is 1.12 bits per heavy atom. The van der Waals surface area contributed by atoms with Gasteiger partial charge in [0.25, 0.3) is 0 Å². The Kier molecular flexibility index (Phi) is 4.22. The SMILES string of the molecule is COc1cccc(OC2CN(C(=O)[C@@H]3COc4ccccc4C3)C2)c1. The first kappa shape index (κ1) is 15.8. The summed E-state index contributed by atoms with van der Waals surface area (Å²) in [6.45, 7) is 1.69. The van der Waals surface area contributed by atoms with Gasteiger partial charge in [-0.3, -0.25) is 4.79 Å². The van der Waals surface area contributed by atoms with Crippen LogP contribution in [0.25, 0.3) is 0 Å². The molecule has 2 aliphatic heterocycles. The van der Waals surface area contributed by atoms with Crippen LogP contribution in [-0.2, 0) is 11.2 Å². The summed E-state index contributed by atoms with van der Waals surface area (Å²) in [6, 6.07) is 15.5. The summed E-state index contributed by atoms with van der Waals surface area (Å²) >= 11 is 0. The lowest BCUT2D eigenvalue weighted by molar-refractivity contribution is -0.145. The lowest BCUT2D eigenvalue weighted by Gasteiger charge is -2.41. The molecule has 0 bridgehead atoms. The zero-order chi connectivity index (χ0) is 17.2. The van der Waals surface area contributed by atoms with Gasteiger partial charge in [-0.2, -0.15) is 0 Å². The molecule has 1 fully saturated rings. The van der Waals surface area contributed by atoms with Gasteiger partial charge in [0.15, 0.2) is 0 Å². The van der Waals surface area contributed by atoms with E-state index in [0.29, 0.717) is 19.7 Å². The second-order valence-electron chi connectivity index (χ2n) is 6.48. The van der Waals surface area contributed by atoms with Gasteiger partial charge in [-0.05, 0) is 30.2 Å². The number of carbonyl (C=O) groups excluding carboxylic acids is 1. The molecule has 4 rings (SSSR count). The highest BCUT2D eigenvalue weighted by molar-refractivity contribution is 5.80. The van der Waals surface area contributed by atoms with E-state index in [1.54, 1.807) is 7.11 Å². The van der Waals surface area contributed by atoms with Crippen LogP contribution in [0.3, 0.4) is 0 Å². The smallest absolute Gasteiger partial charge is 0.229 e. The summed E-state index contributed by atoms with van der Waals surface area (Å²) in [5.74, 6) is 2.48. The maximum absolute atomic E-state index is 12.7. The minimum atomic E-state index is -0.104. The van der Waals surface area contributed by atoms with Crippen LogP contribution in [0.4, 0.5) is 0 Å². The van der Waals surface area contributed by atoms with E-state index in [0.717, 1.165) is 29.2 Å². The number of ether oxygens (including phenoxy) is 3. The normalized spacial score (nSPS) is 19.4. The molecule has 5 nitrogen and oxygen atoms in total. The molecule has 5 heteroatoms. The summed E-state index contributed by atoms with van der Waals surface area (Å²) in [7, 11) is 1.63. The molecule has 2 aromatic carbocycles. The van der Waals surface area contributed by atoms with Crippen LogP contribution < -0.4 is 14.2 Å². The number of carbonyl (C=O) groups is 1. The van der Waals surface area contributed by atoms with Gasteiger partial charge in [-0.15, -0.1) is 0 Å². The van der Waals surface area contributed by atoms with E-state index in [2.05, 4.69) is 0 Å². The van der Waals surface area contributed by atoms with Crippen molar-refractivity contribution in [2.75, 3.05) is 26.8 Å². The molecule has 2 aliphatic rings. The molecule has 0 spiro atoms. The number of nitrogens with zero attached hydrogens (tertiary/aromatic N) is 1. The minimum absolute atomic E-state index is 0.0350. The van der Waals surface area contributed by atoms with Crippen LogP contribution in [0.2, 0.25) is 0 Å². The van der Waals surface area contributed by atoms with Crippen LogP contribution in [-0.4, -0.2) is 43.7 Å². The first-order valence-corrected chi connectivity index (χ1v) is 8.53. The third-order valence-electron chi connectivity index (χ3n) is 4.73. The molecule has 0 N–H and O–H groups in total. The Balaban J connectivity index is 1.31. The summed E-state index contributed by atoms with van der Waals surface area (Å²) in [6.07, 6.45) is 0.778. The molecule has 1 atom stereocenters. The number of rotatable bonds is 4. The van der Waals surface area contributed by atoms with Crippen LogP contribution >= 0.6 is 0 Å². The maximum Gasteiger partial charge on any atom is 0.229 e. The van der Waals surface area contributed by atoms with Crippen molar-refractivity contribution in [2.24, 2.45) is 5.92 Å². The molecule has 25 heavy (non-hydrogen) atoms. The predicted octanol–water partition coefficient (Wildman–Crippen LogP) is 2.54. The molecule has 0 radical (unpaired) electrons. The van der Waals surface area contributed by atoms with Gasteiger partial charge < -0.3 is 19.1 Å². The largest absolute Gasteiger partial charge is 0.497 e. The second-order valence-corrected chi connectivity index (χ2v) is 6.48. The van der Waals surface area contributed by atoms with Crippen LogP contribution in [0, 0.1) is 5.92 Å². The van der Waals surface area contributed by atoms with Gasteiger partial charge in [0, 0.05) is 6.07 Å². The number of fused-ring (bicyclic) bond motifs is 1. The number of para-hydroxylation sites is 1. The third kappa shape index (κ3) is 3.27. The van der Waals surface area contributed by atoms with Gasteiger partial charge in [-0.25, -0.2) is 0 Å². The Hall–Kier alpha value is -2.69. The summed E-state index contributed by atoms with van der Waals surface area (Å²) < 4.78 is 16.8. The monoisotopic (exact) mass is 339 g/mol. The van der Waals surface area contributed by atoms with Crippen LogP contribution in [0.1, 0.15) is 5.56 Å². The number of likely N-dealkylation sites (tertiary alicyclic amines) is 1. The van der Waals surface area contributed by atoms with Crippen LogP contribution in [0.5, 0.6) is 17.2 Å². The average Bonchev–Trinajstić information content (AvgIpc) is 2.63.